The number of non-ortho nitro benzene ring substituents is 1. The van der Waals surface area contributed by atoms with E-state index in [1.165, 1.54) is 17.0 Å². The first-order valence-electron chi connectivity index (χ1n) is 10.4. The highest BCUT2D eigenvalue weighted by molar-refractivity contribution is 6.08. The predicted molar refractivity (Wildman–Crippen MR) is 118 cm³/mol. The quantitative estimate of drug-likeness (QED) is 0.433. The molecule has 0 aromatic heterocycles. The molecule has 0 fully saturated rings. The maximum Gasteiger partial charge on any atom is 0.271 e. The van der Waals surface area contributed by atoms with Gasteiger partial charge in [0.25, 0.3) is 5.69 Å². The van der Waals surface area contributed by atoms with Crippen molar-refractivity contribution in [1.29, 1.82) is 0 Å². The number of carbonyl (C=O) groups is 2. The van der Waals surface area contributed by atoms with Crippen LogP contribution in [0, 0.1) is 10.1 Å². The Hall–Kier alpha value is -3.80. The molecule has 0 saturated heterocycles. The van der Waals surface area contributed by atoms with Crippen molar-refractivity contribution in [3.05, 3.63) is 93.7 Å². The van der Waals surface area contributed by atoms with Gasteiger partial charge in [0.05, 0.1) is 10.6 Å². The Morgan fingerprint density at radius 1 is 0.935 bits per heavy atom. The van der Waals surface area contributed by atoms with Crippen LogP contribution in [0.2, 0.25) is 0 Å². The van der Waals surface area contributed by atoms with Gasteiger partial charge in [-0.2, -0.15) is 0 Å². The van der Waals surface area contributed by atoms with Crippen molar-refractivity contribution >= 4 is 33.8 Å². The summed E-state index contributed by atoms with van der Waals surface area (Å²) in [7, 11) is 0. The number of hydrogen-bond donors (Lipinski definition) is 0. The van der Waals surface area contributed by atoms with Gasteiger partial charge in [-0.1, -0.05) is 48.5 Å². The van der Waals surface area contributed by atoms with Crippen molar-refractivity contribution in [3.63, 3.8) is 0 Å². The smallest absolute Gasteiger partial charge is 0.271 e. The first-order chi connectivity index (χ1) is 15.0. The summed E-state index contributed by atoms with van der Waals surface area (Å²) in [6.07, 6.45) is 1.87. The van der Waals surface area contributed by atoms with E-state index in [1.807, 2.05) is 42.5 Å². The molecule has 31 heavy (non-hydrogen) atoms. The number of hydrogen-bond acceptors (Lipinski definition) is 4. The van der Waals surface area contributed by atoms with Crippen LogP contribution in [0.15, 0.2) is 78.0 Å². The zero-order chi connectivity index (χ0) is 21.5. The minimum Gasteiger partial charge on any atom is -0.294 e. The lowest BCUT2D eigenvalue weighted by atomic mass is 9.76. The fourth-order valence-electron chi connectivity index (χ4n) is 4.86. The first-order valence-corrected chi connectivity index (χ1v) is 10.4. The summed E-state index contributed by atoms with van der Waals surface area (Å²) in [6, 6.07) is 20.0. The van der Waals surface area contributed by atoms with Crippen LogP contribution < -0.4 is 4.90 Å². The average molecular weight is 412 g/mol. The lowest BCUT2D eigenvalue weighted by Gasteiger charge is -2.38. The number of rotatable bonds is 3. The molecule has 1 heterocycles. The van der Waals surface area contributed by atoms with E-state index >= 15 is 0 Å². The molecule has 2 aliphatic rings. The number of nitrogens with zero attached hydrogens (tertiary/aromatic N) is 2. The summed E-state index contributed by atoms with van der Waals surface area (Å²) >= 11 is 0. The Bertz CT molecular complexity index is 1270. The Morgan fingerprint density at radius 2 is 1.71 bits per heavy atom. The maximum atomic E-state index is 13.4. The Balaban J connectivity index is 1.70. The minimum atomic E-state index is -0.474. The van der Waals surface area contributed by atoms with E-state index in [9.17, 15) is 19.7 Å². The molecule has 1 aliphatic heterocycles. The highest BCUT2D eigenvalue weighted by atomic mass is 16.6. The van der Waals surface area contributed by atoms with E-state index < -0.39 is 4.92 Å². The van der Waals surface area contributed by atoms with Crippen molar-refractivity contribution in [1.82, 2.24) is 0 Å². The summed E-state index contributed by atoms with van der Waals surface area (Å²) in [5.74, 6) is -0.398. The number of nitro groups is 1. The largest absolute Gasteiger partial charge is 0.294 e. The minimum absolute atomic E-state index is 0.0575. The molecule has 1 unspecified atom stereocenters. The molecule has 0 spiro atoms. The van der Waals surface area contributed by atoms with E-state index in [4.69, 9.17) is 0 Å². The van der Waals surface area contributed by atoms with Crippen LogP contribution in [0.25, 0.3) is 10.8 Å². The molecule has 1 amide bonds. The molecule has 6 nitrogen and oxygen atoms in total. The number of anilines is 1. The summed E-state index contributed by atoms with van der Waals surface area (Å²) in [4.78, 5) is 38.8. The fraction of sp³-hybridized carbons (Fsp3) is 0.200. The second-order valence-corrected chi connectivity index (χ2v) is 7.97. The van der Waals surface area contributed by atoms with Crippen molar-refractivity contribution in [2.45, 2.75) is 31.6 Å². The van der Waals surface area contributed by atoms with Gasteiger partial charge >= 0.3 is 0 Å². The van der Waals surface area contributed by atoms with Gasteiger partial charge in [-0.3, -0.25) is 24.6 Å². The molecule has 3 aromatic rings. The number of carbonyl (C=O) groups excluding carboxylic acids is 2. The lowest BCUT2D eigenvalue weighted by Crippen LogP contribution is -2.40. The molecule has 0 radical (unpaired) electrons. The van der Waals surface area contributed by atoms with E-state index in [-0.39, 0.29) is 29.7 Å². The van der Waals surface area contributed by atoms with E-state index in [2.05, 4.69) is 0 Å². The highest BCUT2D eigenvalue weighted by Gasteiger charge is 2.40. The number of benzene rings is 3. The maximum absolute atomic E-state index is 13.4. The van der Waals surface area contributed by atoms with Crippen LogP contribution in [0.1, 0.15) is 37.2 Å². The second kappa shape index (κ2) is 7.47. The Kier molecular flexibility index (Phi) is 4.62. The van der Waals surface area contributed by atoms with Crippen LogP contribution in [0.3, 0.4) is 0 Å². The molecular formula is C25H20N2O4. The van der Waals surface area contributed by atoms with E-state index in [0.29, 0.717) is 36.2 Å². The van der Waals surface area contributed by atoms with Crippen LogP contribution in [-0.2, 0) is 9.59 Å². The number of fused-ring (bicyclic) bond motifs is 1. The molecule has 3 aromatic carbocycles. The van der Waals surface area contributed by atoms with Crippen LogP contribution in [0.4, 0.5) is 11.4 Å². The van der Waals surface area contributed by atoms with Crippen molar-refractivity contribution in [2.75, 3.05) is 4.90 Å². The van der Waals surface area contributed by atoms with Crippen molar-refractivity contribution in [2.24, 2.45) is 0 Å². The van der Waals surface area contributed by atoms with Gasteiger partial charge in [0.2, 0.25) is 5.91 Å². The van der Waals surface area contributed by atoms with Crippen LogP contribution >= 0.6 is 0 Å². The molecule has 0 bridgehead atoms. The summed E-state index contributed by atoms with van der Waals surface area (Å²) in [5.41, 5.74) is 2.70. The SMILES string of the molecule is O=C1CCCC2=C1C(c1cccc3ccccc13)CC(=O)N2c1cccc([N+](=O)[O-])c1. The van der Waals surface area contributed by atoms with Gasteiger partial charge in [-0.05, 0) is 35.2 Å². The zero-order valence-electron chi connectivity index (χ0n) is 16.8. The fourth-order valence-corrected chi connectivity index (χ4v) is 4.86. The van der Waals surface area contributed by atoms with Gasteiger partial charge in [0.1, 0.15) is 0 Å². The van der Waals surface area contributed by atoms with Crippen molar-refractivity contribution < 1.29 is 14.5 Å². The van der Waals surface area contributed by atoms with Crippen LogP contribution in [0.5, 0.6) is 0 Å². The van der Waals surface area contributed by atoms with E-state index in [0.717, 1.165) is 16.3 Å². The van der Waals surface area contributed by atoms with Gasteiger partial charge in [-0.15, -0.1) is 0 Å². The standard InChI is InChI=1S/C25H20N2O4/c28-23-13-5-12-22-25(23)21(20-11-3-7-16-6-1-2-10-19(16)20)15-24(29)26(22)17-8-4-9-18(14-17)27(30)31/h1-4,6-11,14,21H,5,12-13,15H2. The normalized spacial score (nSPS) is 19.0. The molecule has 1 aliphatic carbocycles. The first kappa shape index (κ1) is 19.2. The monoisotopic (exact) mass is 412 g/mol. The van der Waals surface area contributed by atoms with Gasteiger partial charge in [-0.25, -0.2) is 0 Å². The van der Waals surface area contributed by atoms with Gasteiger partial charge in [0.15, 0.2) is 5.78 Å². The number of Topliss-reactive ketones (excluding diaryl/α,β-unsaturated/α-hetero) is 1. The zero-order valence-corrected chi connectivity index (χ0v) is 16.8. The second-order valence-electron chi connectivity index (χ2n) is 7.97. The summed E-state index contributed by atoms with van der Waals surface area (Å²) in [6.45, 7) is 0. The molecule has 6 heteroatoms. The van der Waals surface area contributed by atoms with Crippen molar-refractivity contribution in [3.8, 4) is 0 Å². The third-order valence-electron chi connectivity index (χ3n) is 6.17. The molecule has 154 valence electrons. The molecule has 1 atom stereocenters. The third kappa shape index (κ3) is 3.20. The number of allylic oxidation sites excluding steroid dienone is 2. The van der Waals surface area contributed by atoms with Crippen LogP contribution in [-0.4, -0.2) is 16.6 Å². The highest BCUT2D eigenvalue weighted by Crippen LogP contribution is 2.45. The lowest BCUT2D eigenvalue weighted by molar-refractivity contribution is -0.384. The van der Waals surface area contributed by atoms with Gasteiger partial charge < -0.3 is 0 Å². The average Bonchev–Trinajstić information content (AvgIpc) is 2.78. The molecule has 0 saturated carbocycles. The molecule has 5 rings (SSSR count). The van der Waals surface area contributed by atoms with Gasteiger partial charge in [0, 0.05) is 42.2 Å². The topological polar surface area (TPSA) is 80.5 Å². The summed E-state index contributed by atoms with van der Waals surface area (Å²) < 4.78 is 0. The number of amides is 1. The number of ketones is 1. The summed E-state index contributed by atoms with van der Waals surface area (Å²) in [5, 5.41) is 13.4. The Morgan fingerprint density at radius 3 is 2.55 bits per heavy atom. The third-order valence-corrected chi connectivity index (χ3v) is 6.17. The number of nitro benzene ring substituents is 1. The Labute approximate surface area is 178 Å². The molecule has 0 N–H and O–H groups in total. The predicted octanol–water partition coefficient (Wildman–Crippen LogP) is 5.28. The van der Waals surface area contributed by atoms with E-state index in [1.54, 1.807) is 12.1 Å². The molecular weight excluding hydrogens is 392 g/mol.